The lowest BCUT2D eigenvalue weighted by atomic mass is 10.2. The van der Waals surface area contributed by atoms with Crippen molar-refractivity contribution in [3.05, 3.63) is 0 Å². The van der Waals surface area contributed by atoms with E-state index in [1.165, 1.54) is 0 Å². The molecule has 0 aromatic carbocycles. The summed E-state index contributed by atoms with van der Waals surface area (Å²) in [5, 5.41) is 2.66. The minimum atomic E-state index is -2.32. The highest BCUT2D eigenvalue weighted by Crippen LogP contribution is 2.16. The lowest BCUT2D eigenvalue weighted by Gasteiger charge is -2.35. The van der Waals surface area contributed by atoms with Crippen LogP contribution < -0.4 is 5.32 Å². The summed E-state index contributed by atoms with van der Waals surface area (Å²) in [7, 11) is 0. The Kier molecular flexibility index (Phi) is 3.58. The van der Waals surface area contributed by atoms with Crippen LogP contribution in [-0.2, 0) is 9.47 Å². The molecule has 0 amide bonds. The fraction of sp³-hybridized carbons (Fsp3) is 1.00. The quantitative estimate of drug-likeness (QED) is 0.728. The Morgan fingerprint density at radius 2 is 1.92 bits per heavy atom. The van der Waals surface area contributed by atoms with Crippen LogP contribution >= 0.6 is 0 Å². The van der Waals surface area contributed by atoms with Gasteiger partial charge in [0, 0.05) is 0 Å². The van der Waals surface area contributed by atoms with Gasteiger partial charge in [0.15, 0.2) is 5.79 Å². The third-order valence-electron chi connectivity index (χ3n) is 1.83. The Bertz CT molecular complexity index is 151. The molecule has 0 aliphatic carbocycles. The molecule has 0 saturated carbocycles. The first-order valence-electron chi connectivity index (χ1n) is 4.29. The van der Waals surface area contributed by atoms with Gasteiger partial charge in [0.1, 0.15) is 0 Å². The second kappa shape index (κ2) is 4.30. The predicted octanol–water partition coefficient (Wildman–Crippen LogP) is 0.993. The molecule has 3 nitrogen and oxygen atoms in total. The van der Waals surface area contributed by atoms with E-state index in [0.29, 0.717) is 13.2 Å². The lowest BCUT2D eigenvalue weighted by Crippen LogP contribution is -2.49. The summed E-state index contributed by atoms with van der Waals surface area (Å²) in [4.78, 5) is 0. The predicted molar refractivity (Wildman–Crippen MR) is 43.8 cm³/mol. The van der Waals surface area contributed by atoms with Crippen LogP contribution in [0, 0.1) is 0 Å². The zero-order chi connectivity index (χ0) is 9.90. The molecule has 1 heterocycles. The summed E-state index contributed by atoms with van der Waals surface area (Å²) in [5.74, 6) is -0.580. The minimum Gasteiger partial charge on any atom is -0.349 e. The van der Waals surface area contributed by atoms with Gasteiger partial charge in [-0.2, -0.15) is 0 Å². The van der Waals surface area contributed by atoms with E-state index in [2.05, 4.69) is 5.32 Å². The molecule has 1 rings (SSSR count). The fourth-order valence-electron chi connectivity index (χ4n) is 1.07. The van der Waals surface area contributed by atoms with Crippen molar-refractivity contribution in [2.24, 2.45) is 0 Å². The third kappa shape index (κ3) is 3.97. The molecule has 0 radical (unpaired) electrons. The van der Waals surface area contributed by atoms with E-state index in [-0.39, 0.29) is 12.6 Å². The Balaban J connectivity index is 2.18. The van der Waals surface area contributed by atoms with Gasteiger partial charge in [-0.05, 0) is 13.8 Å². The molecule has 0 spiro atoms. The molecule has 0 aromatic rings. The first-order valence-corrected chi connectivity index (χ1v) is 4.29. The first kappa shape index (κ1) is 10.8. The Hall–Kier alpha value is -0.260. The van der Waals surface area contributed by atoms with E-state index < -0.39 is 12.2 Å². The van der Waals surface area contributed by atoms with Crippen LogP contribution in [0.1, 0.15) is 13.8 Å². The molecule has 1 aliphatic rings. The molecule has 78 valence electrons. The number of halogens is 2. The number of hydrogen-bond donors (Lipinski definition) is 1. The maximum absolute atomic E-state index is 11.8. The van der Waals surface area contributed by atoms with Gasteiger partial charge >= 0.3 is 0 Å². The Morgan fingerprint density at radius 1 is 1.38 bits per heavy atom. The highest BCUT2D eigenvalue weighted by molar-refractivity contribution is 4.73. The second-order valence-electron chi connectivity index (χ2n) is 3.52. The zero-order valence-corrected chi connectivity index (χ0v) is 7.85. The molecule has 5 heteroatoms. The Morgan fingerprint density at radius 3 is 2.38 bits per heavy atom. The van der Waals surface area contributed by atoms with E-state index >= 15 is 0 Å². The number of alkyl halides is 2. The average Bonchev–Trinajstić information content (AvgIpc) is 2.02. The maximum Gasteiger partial charge on any atom is 0.250 e. The molecule has 1 aliphatic heterocycles. The van der Waals surface area contributed by atoms with Crippen molar-refractivity contribution in [3.63, 3.8) is 0 Å². The van der Waals surface area contributed by atoms with Gasteiger partial charge in [-0.25, -0.2) is 8.78 Å². The number of rotatable bonds is 3. The van der Waals surface area contributed by atoms with Crippen molar-refractivity contribution in [1.82, 2.24) is 5.32 Å². The number of nitrogens with one attached hydrogen (secondary N) is 1. The summed E-state index contributed by atoms with van der Waals surface area (Å²) in [5.41, 5.74) is 0. The molecule has 1 N–H and O–H groups in total. The molecular weight excluding hydrogens is 180 g/mol. The molecule has 0 atom stereocenters. The summed E-state index contributed by atoms with van der Waals surface area (Å²) in [6.45, 7) is 4.13. The van der Waals surface area contributed by atoms with E-state index in [1.54, 1.807) is 13.8 Å². The number of ether oxygens (including phenoxy) is 2. The van der Waals surface area contributed by atoms with E-state index in [4.69, 9.17) is 9.47 Å². The van der Waals surface area contributed by atoms with Gasteiger partial charge in [-0.15, -0.1) is 0 Å². The van der Waals surface area contributed by atoms with Crippen LogP contribution in [0.5, 0.6) is 0 Å². The highest BCUT2D eigenvalue weighted by atomic mass is 19.3. The van der Waals surface area contributed by atoms with E-state index in [9.17, 15) is 8.78 Å². The minimum absolute atomic E-state index is 0.123. The molecule has 0 aromatic heterocycles. The smallest absolute Gasteiger partial charge is 0.250 e. The van der Waals surface area contributed by atoms with Gasteiger partial charge in [0.25, 0.3) is 6.43 Å². The summed E-state index contributed by atoms with van der Waals surface area (Å²) in [6, 6.07) is -0.123. The topological polar surface area (TPSA) is 30.5 Å². The van der Waals surface area contributed by atoms with Gasteiger partial charge in [-0.3, -0.25) is 0 Å². The molecule has 0 unspecified atom stereocenters. The van der Waals surface area contributed by atoms with Crippen LogP contribution in [0.15, 0.2) is 0 Å². The van der Waals surface area contributed by atoms with Crippen molar-refractivity contribution in [2.45, 2.75) is 32.1 Å². The average molecular weight is 195 g/mol. The highest BCUT2D eigenvalue weighted by Gasteiger charge is 2.28. The monoisotopic (exact) mass is 195 g/mol. The van der Waals surface area contributed by atoms with Crippen LogP contribution in [0.3, 0.4) is 0 Å². The fourth-order valence-corrected chi connectivity index (χ4v) is 1.07. The van der Waals surface area contributed by atoms with Gasteiger partial charge < -0.3 is 14.8 Å². The molecule has 1 fully saturated rings. The van der Waals surface area contributed by atoms with Crippen molar-refractivity contribution in [2.75, 3.05) is 19.8 Å². The van der Waals surface area contributed by atoms with Gasteiger partial charge in [0.2, 0.25) is 0 Å². The van der Waals surface area contributed by atoms with Gasteiger partial charge in [-0.1, -0.05) is 0 Å². The van der Waals surface area contributed by atoms with Gasteiger partial charge in [0.05, 0.1) is 25.8 Å². The summed E-state index contributed by atoms with van der Waals surface area (Å²) in [6.07, 6.45) is -2.32. The van der Waals surface area contributed by atoms with E-state index in [1.807, 2.05) is 0 Å². The van der Waals surface area contributed by atoms with Crippen LogP contribution in [-0.4, -0.2) is 38.0 Å². The largest absolute Gasteiger partial charge is 0.349 e. The lowest BCUT2D eigenvalue weighted by molar-refractivity contribution is -0.253. The molecular formula is C8H15F2NO2. The van der Waals surface area contributed by atoms with Crippen molar-refractivity contribution >= 4 is 0 Å². The SMILES string of the molecule is CC1(C)OCC(NCC(F)F)CO1. The third-order valence-corrected chi connectivity index (χ3v) is 1.83. The van der Waals surface area contributed by atoms with Crippen molar-refractivity contribution < 1.29 is 18.3 Å². The van der Waals surface area contributed by atoms with Crippen LogP contribution in [0.4, 0.5) is 8.78 Å². The Labute approximate surface area is 76.4 Å². The number of hydrogen-bond acceptors (Lipinski definition) is 3. The summed E-state index contributed by atoms with van der Waals surface area (Å²) >= 11 is 0. The normalized spacial score (nSPS) is 23.8. The van der Waals surface area contributed by atoms with Crippen molar-refractivity contribution in [1.29, 1.82) is 0 Å². The standard InChI is InChI=1S/C8H15F2NO2/c1-8(2)12-4-6(5-13-8)11-3-7(9)10/h6-7,11H,3-5H2,1-2H3. The van der Waals surface area contributed by atoms with E-state index in [0.717, 1.165) is 0 Å². The molecule has 1 saturated heterocycles. The summed E-state index contributed by atoms with van der Waals surface area (Å²) < 4.78 is 34.2. The molecule has 0 bridgehead atoms. The first-order chi connectivity index (χ1) is 5.99. The van der Waals surface area contributed by atoms with Crippen LogP contribution in [0.2, 0.25) is 0 Å². The maximum atomic E-state index is 11.8. The zero-order valence-electron chi connectivity index (χ0n) is 7.85. The van der Waals surface area contributed by atoms with Crippen LogP contribution in [0.25, 0.3) is 0 Å². The van der Waals surface area contributed by atoms with Crippen molar-refractivity contribution in [3.8, 4) is 0 Å². The second-order valence-corrected chi connectivity index (χ2v) is 3.52. The molecule has 13 heavy (non-hydrogen) atoms.